The normalized spacial score (nSPS) is 26.9. The van der Waals surface area contributed by atoms with E-state index >= 15 is 0 Å². The Bertz CT molecular complexity index is 434. The molecule has 7 heteroatoms. The maximum atomic E-state index is 12.5. The van der Waals surface area contributed by atoms with Gasteiger partial charge in [-0.15, -0.1) is 0 Å². The third-order valence-corrected chi connectivity index (χ3v) is 6.26. The minimum absolute atomic E-state index is 0.168. The van der Waals surface area contributed by atoms with E-state index in [-0.39, 0.29) is 23.7 Å². The molecule has 2 heterocycles. The summed E-state index contributed by atoms with van der Waals surface area (Å²) in [5.41, 5.74) is 0. The van der Waals surface area contributed by atoms with Crippen LogP contribution in [0, 0.1) is 0 Å². The van der Waals surface area contributed by atoms with E-state index in [2.05, 4.69) is 5.32 Å². The highest BCUT2D eigenvalue weighted by Gasteiger charge is 2.39. The van der Waals surface area contributed by atoms with Crippen molar-refractivity contribution in [2.45, 2.75) is 45.2 Å². The van der Waals surface area contributed by atoms with Crippen LogP contribution in [0.5, 0.6) is 0 Å². The van der Waals surface area contributed by atoms with Crippen molar-refractivity contribution in [3.8, 4) is 0 Å². The Balaban J connectivity index is 2.08. The molecule has 1 N–H and O–H groups in total. The van der Waals surface area contributed by atoms with Gasteiger partial charge in [-0.3, -0.25) is 4.79 Å². The van der Waals surface area contributed by atoms with Gasteiger partial charge in [-0.1, -0.05) is 13.8 Å². The Hall–Kier alpha value is -0.660. The first-order valence-electron chi connectivity index (χ1n) is 7.49. The van der Waals surface area contributed by atoms with Crippen molar-refractivity contribution in [1.29, 1.82) is 0 Å². The van der Waals surface area contributed by atoms with Gasteiger partial charge in [0.25, 0.3) is 0 Å². The van der Waals surface area contributed by atoms with Crippen LogP contribution in [-0.2, 0) is 14.8 Å². The van der Waals surface area contributed by atoms with Crippen LogP contribution in [0.1, 0.15) is 33.1 Å². The summed E-state index contributed by atoms with van der Waals surface area (Å²) in [6.07, 6.45) is 2.91. The zero-order valence-electron chi connectivity index (χ0n) is 12.3. The molecule has 20 heavy (non-hydrogen) atoms. The second kappa shape index (κ2) is 6.41. The molecule has 2 aliphatic rings. The summed E-state index contributed by atoms with van der Waals surface area (Å²) in [5.74, 6) is -0.616. The lowest BCUT2D eigenvalue weighted by Crippen LogP contribution is -2.47. The molecule has 1 amide bonds. The summed E-state index contributed by atoms with van der Waals surface area (Å²) >= 11 is 0. The SMILES string of the molecule is CCN(CC)S(=O)(=O)CC(=O)N1C2CCNCC1CC2. The average Bonchev–Trinajstić information content (AvgIpc) is 2.63. The molecule has 2 fully saturated rings. The van der Waals surface area contributed by atoms with Gasteiger partial charge in [0.1, 0.15) is 5.75 Å². The summed E-state index contributed by atoms with van der Waals surface area (Å²) in [5, 5.41) is 3.32. The van der Waals surface area contributed by atoms with Crippen LogP contribution in [0.2, 0.25) is 0 Å². The molecule has 2 unspecified atom stereocenters. The van der Waals surface area contributed by atoms with E-state index in [0.717, 1.165) is 32.4 Å². The number of nitrogens with one attached hydrogen (secondary N) is 1. The molecule has 0 aromatic carbocycles. The van der Waals surface area contributed by atoms with E-state index in [0.29, 0.717) is 13.1 Å². The van der Waals surface area contributed by atoms with Crippen LogP contribution >= 0.6 is 0 Å². The van der Waals surface area contributed by atoms with E-state index in [1.54, 1.807) is 13.8 Å². The zero-order valence-corrected chi connectivity index (χ0v) is 13.2. The lowest BCUT2D eigenvalue weighted by atomic mass is 10.1. The second-order valence-corrected chi connectivity index (χ2v) is 7.49. The maximum absolute atomic E-state index is 12.5. The quantitative estimate of drug-likeness (QED) is 0.777. The van der Waals surface area contributed by atoms with E-state index < -0.39 is 10.0 Å². The topological polar surface area (TPSA) is 69.7 Å². The highest BCUT2D eigenvalue weighted by molar-refractivity contribution is 7.89. The molecule has 0 aliphatic carbocycles. The van der Waals surface area contributed by atoms with E-state index in [4.69, 9.17) is 0 Å². The van der Waals surface area contributed by atoms with Crippen molar-refractivity contribution >= 4 is 15.9 Å². The van der Waals surface area contributed by atoms with Crippen LogP contribution in [0.25, 0.3) is 0 Å². The number of nitrogens with zero attached hydrogens (tertiary/aromatic N) is 2. The van der Waals surface area contributed by atoms with Gasteiger partial charge in [0.05, 0.1) is 0 Å². The highest BCUT2D eigenvalue weighted by atomic mass is 32.2. The molecule has 116 valence electrons. The third-order valence-electron chi connectivity index (χ3n) is 4.35. The van der Waals surface area contributed by atoms with E-state index in [9.17, 15) is 13.2 Å². The van der Waals surface area contributed by atoms with Crippen molar-refractivity contribution < 1.29 is 13.2 Å². The number of amides is 1. The number of sulfonamides is 1. The number of carbonyl (C=O) groups is 1. The number of carbonyl (C=O) groups excluding carboxylic acids is 1. The largest absolute Gasteiger partial charge is 0.334 e. The molecule has 6 nitrogen and oxygen atoms in total. The van der Waals surface area contributed by atoms with Gasteiger partial charge in [0.15, 0.2) is 0 Å². The fraction of sp³-hybridized carbons (Fsp3) is 0.923. The van der Waals surface area contributed by atoms with Crippen molar-refractivity contribution in [2.75, 3.05) is 31.9 Å². The predicted molar refractivity (Wildman–Crippen MR) is 77.9 cm³/mol. The average molecular weight is 303 g/mol. The maximum Gasteiger partial charge on any atom is 0.239 e. The Labute approximate surface area is 121 Å². The molecule has 2 atom stereocenters. The first kappa shape index (κ1) is 15.7. The Morgan fingerprint density at radius 1 is 1.20 bits per heavy atom. The zero-order chi connectivity index (χ0) is 14.8. The van der Waals surface area contributed by atoms with E-state index in [1.165, 1.54) is 4.31 Å². The molecular weight excluding hydrogens is 278 g/mol. The smallest absolute Gasteiger partial charge is 0.239 e. The van der Waals surface area contributed by atoms with Crippen LogP contribution in [0.15, 0.2) is 0 Å². The Morgan fingerprint density at radius 3 is 2.50 bits per heavy atom. The predicted octanol–water partition coefficient (Wildman–Crippen LogP) is 0.0109. The Morgan fingerprint density at radius 2 is 1.85 bits per heavy atom. The molecule has 0 radical (unpaired) electrons. The summed E-state index contributed by atoms with van der Waals surface area (Å²) in [6, 6.07) is 0.385. The first-order chi connectivity index (χ1) is 9.49. The number of hydrogen-bond acceptors (Lipinski definition) is 4. The van der Waals surface area contributed by atoms with Gasteiger partial charge in [0, 0.05) is 31.7 Å². The molecule has 0 aromatic rings. The molecule has 2 bridgehead atoms. The van der Waals surface area contributed by atoms with Crippen LogP contribution in [-0.4, -0.2) is 67.5 Å². The summed E-state index contributed by atoms with van der Waals surface area (Å²) in [4.78, 5) is 14.3. The standard InChI is InChI=1S/C13H25N3O3S/c1-3-15(4-2)20(18,19)10-13(17)16-11-5-6-12(16)9-14-8-7-11/h11-12,14H,3-10H2,1-2H3. The number of fused-ring (bicyclic) bond motifs is 2. The van der Waals surface area contributed by atoms with Gasteiger partial charge >= 0.3 is 0 Å². The Kier molecular flexibility index (Phi) is 5.04. The molecule has 2 rings (SSSR count). The molecule has 2 aliphatic heterocycles. The lowest BCUT2D eigenvalue weighted by molar-refractivity contribution is -0.131. The van der Waals surface area contributed by atoms with Gasteiger partial charge in [-0.2, -0.15) is 0 Å². The molecule has 0 aromatic heterocycles. The lowest BCUT2D eigenvalue weighted by Gasteiger charge is -2.29. The molecule has 0 spiro atoms. The molecular formula is C13H25N3O3S. The first-order valence-corrected chi connectivity index (χ1v) is 9.10. The van der Waals surface area contributed by atoms with Gasteiger partial charge in [0.2, 0.25) is 15.9 Å². The molecule has 2 saturated heterocycles. The van der Waals surface area contributed by atoms with Gasteiger partial charge in [-0.25, -0.2) is 12.7 Å². The van der Waals surface area contributed by atoms with Crippen molar-refractivity contribution in [1.82, 2.24) is 14.5 Å². The fourth-order valence-electron chi connectivity index (χ4n) is 3.33. The summed E-state index contributed by atoms with van der Waals surface area (Å²) in [7, 11) is -3.48. The van der Waals surface area contributed by atoms with Crippen LogP contribution < -0.4 is 5.32 Å². The second-order valence-electron chi connectivity index (χ2n) is 5.52. The summed E-state index contributed by atoms with van der Waals surface area (Å²) in [6.45, 7) is 6.12. The van der Waals surface area contributed by atoms with Crippen molar-refractivity contribution in [2.24, 2.45) is 0 Å². The minimum Gasteiger partial charge on any atom is -0.334 e. The van der Waals surface area contributed by atoms with Crippen molar-refractivity contribution in [3.05, 3.63) is 0 Å². The fourth-order valence-corrected chi connectivity index (χ4v) is 4.76. The van der Waals surface area contributed by atoms with Gasteiger partial charge in [-0.05, 0) is 25.8 Å². The van der Waals surface area contributed by atoms with Crippen molar-refractivity contribution in [3.63, 3.8) is 0 Å². The van der Waals surface area contributed by atoms with E-state index in [1.807, 2.05) is 4.90 Å². The number of hydrogen-bond donors (Lipinski definition) is 1. The summed E-state index contributed by atoms with van der Waals surface area (Å²) < 4.78 is 25.8. The molecule has 0 saturated carbocycles. The third kappa shape index (κ3) is 3.15. The minimum atomic E-state index is -3.48. The highest BCUT2D eigenvalue weighted by Crippen LogP contribution is 2.28. The number of rotatable bonds is 5. The van der Waals surface area contributed by atoms with Crippen LogP contribution in [0.3, 0.4) is 0 Å². The van der Waals surface area contributed by atoms with Gasteiger partial charge < -0.3 is 10.2 Å². The van der Waals surface area contributed by atoms with Crippen LogP contribution in [0.4, 0.5) is 0 Å². The monoisotopic (exact) mass is 303 g/mol.